The summed E-state index contributed by atoms with van der Waals surface area (Å²) in [5.41, 5.74) is 0.615. The van der Waals surface area contributed by atoms with Crippen LogP contribution in [0, 0.1) is 11.6 Å². The molecule has 3 aromatic rings. The van der Waals surface area contributed by atoms with E-state index in [1.807, 2.05) is 24.0 Å². The van der Waals surface area contributed by atoms with Crippen LogP contribution in [0.15, 0.2) is 54.6 Å². The number of amides is 1. The molecular formula is C37H48F2N2O6Si. The lowest BCUT2D eigenvalue weighted by molar-refractivity contribution is -0.119. The first-order valence-corrected chi connectivity index (χ1v) is 19.5. The van der Waals surface area contributed by atoms with Crippen LogP contribution in [0.5, 0.6) is 17.2 Å². The zero-order valence-electron chi connectivity index (χ0n) is 29.1. The second-order valence-corrected chi connectivity index (χ2v) is 19.0. The number of rotatable bonds is 11. The van der Waals surface area contributed by atoms with Gasteiger partial charge in [0.05, 0.1) is 37.7 Å². The number of halogens is 2. The Morgan fingerprint density at radius 2 is 1.69 bits per heavy atom. The van der Waals surface area contributed by atoms with E-state index in [1.165, 1.54) is 17.0 Å². The lowest BCUT2D eigenvalue weighted by Crippen LogP contribution is -2.63. The summed E-state index contributed by atoms with van der Waals surface area (Å²) in [6, 6.07) is 15.0. The van der Waals surface area contributed by atoms with Gasteiger partial charge in [-0.15, -0.1) is 0 Å². The molecular weight excluding hydrogens is 634 g/mol. The number of carbonyl (C=O) groups is 1. The number of benzene rings is 3. The average Bonchev–Trinajstić information content (AvgIpc) is 3.03. The fraction of sp³-hybridized carbons (Fsp3) is 0.486. The molecule has 0 unspecified atom stereocenters. The predicted octanol–water partition coefficient (Wildman–Crippen LogP) is 7.26. The Hall–Kier alpha value is -3.67. The zero-order chi connectivity index (χ0) is 34.9. The van der Waals surface area contributed by atoms with E-state index in [-0.39, 0.29) is 49.2 Å². The van der Waals surface area contributed by atoms with Crippen LogP contribution in [0.25, 0.3) is 0 Å². The highest BCUT2D eigenvalue weighted by molar-refractivity contribution is 6.74. The maximum atomic E-state index is 15.5. The first kappa shape index (κ1) is 35.6. The van der Waals surface area contributed by atoms with E-state index in [0.29, 0.717) is 48.1 Å². The third-order valence-corrected chi connectivity index (χ3v) is 14.4. The smallest absolute Gasteiger partial charge is 0.227 e. The Morgan fingerprint density at radius 1 is 0.979 bits per heavy atom. The van der Waals surface area contributed by atoms with Crippen LogP contribution in [-0.4, -0.2) is 64.4 Å². The van der Waals surface area contributed by atoms with Crippen molar-refractivity contribution in [1.82, 2.24) is 0 Å². The molecule has 8 nitrogen and oxygen atoms in total. The highest BCUT2D eigenvalue weighted by Crippen LogP contribution is 2.42. The number of hydrogen-bond donors (Lipinski definition) is 1. The van der Waals surface area contributed by atoms with E-state index in [9.17, 15) is 9.90 Å². The summed E-state index contributed by atoms with van der Waals surface area (Å²) in [6.45, 7) is 13.6. The number of aliphatic hydroxyl groups is 1. The summed E-state index contributed by atoms with van der Waals surface area (Å²) in [7, 11) is -0.819. The van der Waals surface area contributed by atoms with Crippen LogP contribution in [0.3, 0.4) is 0 Å². The van der Waals surface area contributed by atoms with Crippen LogP contribution in [0.1, 0.15) is 51.7 Å². The number of anilines is 2. The molecule has 2 heterocycles. The molecule has 1 fully saturated rings. The molecule has 2 atom stereocenters. The van der Waals surface area contributed by atoms with Crippen molar-refractivity contribution in [3.63, 3.8) is 0 Å². The van der Waals surface area contributed by atoms with Crippen molar-refractivity contribution in [2.24, 2.45) is 0 Å². The molecule has 0 saturated carbocycles. The number of nitrogens with zero attached hydrogens (tertiary/aromatic N) is 2. The standard InChI is InChI=1S/C37H48F2N2O6Si/c1-8-45-27-13-16-31(30(39)21-27)40-20-19-37(43,33(23-40)47-48(6,7)36(2,3)4)24-46-32-17-15-29(38)35-28(32)14-18-34(42)41(35)22-25-9-11-26(44-5)12-10-25/h9-13,15-17,21,33,43H,8,14,18-20,22-24H2,1-7H3/t33-,37-/m1/s1. The quantitative estimate of drug-likeness (QED) is 0.213. The van der Waals surface area contributed by atoms with Crippen LogP contribution in [0.4, 0.5) is 20.2 Å². The molecule has 11 heteroatoms. The normalized spacial score (nSPS) is 20.0. The fourth-order valence-electron chi connectivity index (χ4n) is 6.05. The molecule has 0 spiro atoms. The first-order valence-electron chi connectivity index (χ1n) is 16.6. The van der Waals surface area contributed by atoms with Gasteiger partial charge in [-0.25, -0.2) is 8.78 Å². The van der Waals surface area contributed by atoms with E-state index < -0.39 is 31.7 Å². The van der Waals surface area contributed by atoms with Crippen molar-refractivity contribution >= 4 is 25.6 Å². The van der Waals surface area contributed by atoms with Crippen LogP contribution >= 0.6 is 0 Å². The number of carbonyl (C=O) groups excluding carboxylic acids is 1. The Balaban J connectivity index is 1.41. The van der Waals surface area contributed by atoms with Gasteiger partial charge in [0.1, 0.15) is 41.1 Å². The summed E-state index contributed by atoms with van der Waals surface area (Å²) >= 11 is 0. The highest BCUT2D eigenvalue weighted by atomic mass is 28.4. The van der Waals surface area contributed by atoms with Gasteiger partial charge in [0.2, 0.25) is 5.91 Å². The number of ether oxygens (including phenoxy) is 3. The van der Waals surface area contributed by atoms with E-state index in [2.05, 4.69) is 33.9 Å². The third kappa shape index (κ3) is 7.48. The van der Waals surface area contributed by atoms with Gasteiger partial charge in [0, 0.05) is 31.1 Å². The van der Waals surface area contributed by atoms with Crippen molar-refractivity contribution in [3.8, 4) is 17.2 Å². The highest BCUT2D eigenvalue weighted by Gasteiger charge is 2.49. The van der Waals surface area contributed by atoms with Gasteiger partial charge in [-0.2, -0.15) is 0 Å². The van der Waals surface area contributed by atoms with Gasteiger partial charge in [-0.1, -0.05) is 32.9 Å². The number of piperidine rings is 1. The Bertz CT molecular complexity index is 1610. The summed E-state index contributed by atoms with van der Waals surface area (Å²) in [5, 5.41) is 12.1. The van der Waals surface area contributed by atoms with Crippen LogP contribution in [-0.2, 0) is 22.2 Å². The van der Waals surface area contributed by atoms with Gasteiger partial charge < -0.3 is 33.5 Å². The van der Waals surface area contributed by atoms with Crippen molar-refractivity contribution in [2.75, 3.05) is 43.2 Å². The lowest BCUT2D eigenvalue weighted by atomic mass is 9.89. The topological polar surface area (TPSA) is 80.7 Å². The van der Waals surface area contributed by atoms with E-state index >= 15 is 8.78 Å². The molecule has 1 N–H and O–H groups in total. The molecule has 0 aliphatic carbocycles. The largest absolute Gasteiger partial charge is 0.497 e. The van der Waals surface area contributed by atoms with Crippen LogP contribution < -0.4 is 24.0 Å². The summed E-state index contributed by atoms with van der Waals surface area (Å²) < 4.78 is 54.7. The summed E-state index contributed by atoms with van der Waals surface area (Å²) in [5.74, 6) is 0.475. The van der Waals surface area contributed by atoms with Gasteiger partial charge >= 0.3 is 0 Å². The maximum Gasteiger partial charge on any atom is 0.227 e. The Morgan fingerprint density at radius 3 is 2.33 bits per heavy atom. The fourth-order valence-corrected chi connectivity index (χ4v) is 7.41. The third-order valence-electron chi connectivity index (χ3n) is 9.94. The van der Waals surface area contributed by atoms with Crippen molar-refractivity contribution < 1.29 is 37.3 Å². The first-order chi connectivity index (χ1) is 22.7. The minimum atomic E-state index is -2.40. The molecule has 48 heavy (non-hydrogen) atoms. The maximum absolute atomic E-state index is 15.5. The molecule has 0 aromatic heterocycles. The monoisotopic (exact) mass is 682 g/mol. The number of methoxy groups -OCH3 is 1. The SMILES string of the molecule is CCOc1ccc(N2CC[C@@](O)(COc3ccc(F)c4c3CCC(=O)N4Cc3ccc(OC)cc3)[C@H](O[Si](C)(C)C(C)(C)C)C2)c(F)c1. The van der Waals surface area contributed by atoms with Gasteiger partial charge in [-0.3, -0.25) is 4.79 Å². The zero-order valence-corrected chi connectivity index (χ0v) is 30.1. The molecule has 0 radical (unpaired) electrons. The van der Waals surface area contributed by atoms with Gasteiger partial charge in [0.15, 0.2) is 8.32 Å². The molecule has 260 valence electrons. The molecule has 2 aliphatic rings. The number of fused-ring (bicyclic) bond motifs is 1. The van der Waals surface area contributed by atoms with Gasteiger partial charge in [-0.05, 0) is 79.9 Å². The van der Waals surface area contributed by atoms with Crippen molar-refractivity contribution in [3.05, 3.63) is 77.4 Å². The van der Waals surface area contributed by atoms with Crippen molar-refractivity contribution in [1.29, 1.82) is 0 Å². The minimum Gasteiger partial charge on any atom is -0.497 e. The second kappa shape index (κ2) is 14.1. The van der Waals surface area contributed by atoms with E-state index in [4.69, 9.17) is 18.6 Å². The summed E-state index contributed by atoms with van der Waals surface area (Å²) in [6.07, 6.45) is 0.0766. The van der Waals surface area contributed by atoms with Gasteiger partial charge in [0.25, 0.3) is 0 Å². The molecule has 2 aliphatic heterocycles. The molecule has 0 bridgehead atoms. The predicted molar refractivity (Wildman–Crippen MR) is 186 cm³/mol. The molecule has 5 rings (SSSR count). The van der Waals surface area contributed by atoms with Crippen LogP contribution in [0.2, 0.25) is 18.1 Å². The van der Waals surface area contributed by atoms with Crippen molar-refractivity contribution in [2.45, 2.75) is 83.3 Å². The Labute approximate surface area is 283 Å². The number of hydrogen-bond acceptors (Lipinski definition) is 7. The summed E-state index contributed by atoms with van der Waals surface area (Å²) in [4.78, 5) is 16.5. The van der Waals surface area contributed by atoms with E-state index in [1.54, 1.807) is 37.4 Å². The molecule has 1 saturated heterocycles. The second-order valence-electron chi connectivity index (χ2n) is 14.2. The minimum absolute atomic E-state index is 0.115. The molecule has 1 amide bonds. The Kier molecular flexibility index (Phi) is 10.4. The lowest BCUT2D eigenvalue weighted by Gasteiger charge is -2.49. The molecule has 3 aromatic carbocycles. The average molecular weight is 683 g/mol. The van der Waals surface area contributed by atoms with E-state index in [0.717, 1.165) is 5.56 Å².